The van der Waals surface area contributed by atoms with Gasteiger partial charge in [-0.1, -0.05) is 18.0 Å². The molecular weight excluding hydrogens is 399 g/mol. The quantitative estimate of drug-likeness (QED) is 0.513. The first-order valence-corrected chi connectivity index (χ1v) is 11.0. The van der Waals surface area contributed by atoms with Gasteiger partial charge in [0.1, 0.15) is 5.82 Å². The minimum absolute atomic E-state index is 0.00443. The molecule has 1 amide bonds. The molecule has 0 aliphatic heterocycles. The lowest BCUT2D eigenvalue weighted by Gasteiger charge is -2.42. The molecule has 0 atom stereocenters. The number of benzene rings is 2. The highest BCUT2D eigenvalue weighted by molar-refractivity contribution is 6.30. The Hall–Kier alpha value is -2.46. The highest BCUT2D eigenvalue weighted by Crippen LogP contribution is 2.56. The molecule has 0 spiro atoms. The molecule has 1 aromatic heterocycles. The van der Waals surface area contributed by atoms with Crippen LogP contribution in [0.15, 0.2) is 54.7 Å². The SMILES string of the molecule is O=C(Nc1ccc(Cl)cc1)C12CCCC(c3ccnc4ccc(F)cc34)(CC1)CC2. The molecule has 1 N–H and O–H groups in total. The number of carbonyl (C=O) groups is 1. The normalized spacial score (nSPS) is 25.8. The number of anilines is 1. The second kappa shape index (κ2) is 7.35. The molecule has 3 saturated carbocycles. The Kier molecular flexibility index (Phi) is 4.78. The number of nitrogens with one attached hydrogen (secondary N) is 1. The average molecular weight is 423 g/mol. The number of fused-ring (bicyclic) bond motifs is 5. The molecule has 2 aromatic carbocycles. The summed E-state index contributed by atoms with van der Waals surface area (Å²) in [5.74, 6) is -0.111. The monoisotopic (exact) mass is 422 g/mol. The largest absolute Gasteiger partial charge is 0.326 e. The Labute approximate surface area is 180 Å². The number of hydrogen-bond donors (Lipinski definition) is 1. The van der Waals surface area contributed by atoms with Crippen molar-refractivity contribution in [1.29, 1.82) is 0 Å². The van der Waals surface area contributed by atoms with Gasteiger partial charge in [0.2, 0.25) is 5.91 Å². The van der Waals surface area contributed by atoms with Gasteiger partial charge in [-0.2, -0.15) is 0 Å². The smallest absolute Gasteiger partial charge is 0.230 e. The Bertz CT molecular complexity index is 1100. The van der Waals surface area contributed by atoms with E-state index in [-0.39, 0.29) is 22.6 Å². The molecule has 6 rings (SSSR count). The fraction of sp³-hybridized carbons (Fsp3) is 0.360. The number of rotatable bonds is 3. The van der Waals surface area contributed by atoms with Gasteiger partial charge in [-0.3, -0.25) is 9.78 Å². The summed E-state index contributed by atoms with van der Waals surface area (Å²) in [6.45, 7) is 0. The van der Waals surface area contributed by atoms with Gasteiger partial charge < -0.3 is 5.32 Å². The second-order valence-corrected chi connectivity index (χ2v) is 9.33. The second-order valence-electron chi connectivity index (χ2n) is 8.90. The van der Waals surface area contributed by atoms with E-state index in [1.54, 1.807) is 24.3 Å². The first kappa shape index (κ1) is 19.5. The lowest BCUT2D eigenvalue weighted by atomic mass is 9.62. The summed E-state index contributed by atoms with van der Waals surface area (Å²) >= 11 is 5.96. The van der Waals surface area contributed by atoms with E-state index in [0.717, 1.165) is 61.5 Å². The fourth-order valence-corrected chi connectivity index (χ4v) is 5.72. The topological polar surface area (TPSA) is 42.0 Å². The van der Waals surface area contributed by atoms with E-state index in [4.69, 9.17) is 11.6 Å². The predicted molar refractivity (Wildman–Crippen MR) is 118 cm³/mol. The van der Waals surface area contributed by atoms with Crippen molar-refractivity contribution in [2.75, 3.05) is 5.32 Å². The van der Waals surface area contributed by atoms with Crippen LogP contribution in [0.2, 0.25) is 5.02 Å². The molecule has 3 aliphatic rings. The lowest BCUT2D eigenvalue weighted by Crippen LogP contribution is -2.41. The predicted octanol–water partition coefficient (Wildman–Crippen LogP) is 6.65. The maximum atomic E-state index is 14.0. The number of aromatic nitrogens is 1. The third-order valence-corrected chi connectivity index (χ3v) is 7.59. The van der Waals surface area contributed by atoms with Crippen LogP contribution < -0.4 is 5.32 Å². The van der Waals surface area contributed by atoms with E-state index < -0.39 is 0 Å². The summed E-state index contributed by atoms with van der Waals surface area (Å²) in [5.41, 5.74) is 2.49. The molecular formula is C25H24ClFN2O. The van der Waals surface area contributed by atoms with Gasteiger partial charge in [0, 0.05) is 27.7 Å². The molecule has 3 fully saturated rings. The van der Waals surface area contributed by atoms with Crippen LogP contribution in [0.5, 0.6) is 0 Å². The highest BCUT2D eigenvalue weighted by Gasteiger charge is 2.50. The van der Waals surface area contributed by atoms with Crippen LogP contribution in [0.3, 0.4) is 0 Å². The fourth-order valence-electron chi connectivity index (χ4n) is 5.59. The number of carbonyl (C=O) groups excluding carboxylic acids is 1. The van der Waals surface area contributed by atoms with E-state index in [1.807, 2.05) is 18.3 Å². The summed E-state index contributed by atoms with van der Waals surface area (Å²) in [7, 11) is 0. The van der Waals surface area contributed by atoms with E-state index >= 15 is 0 Å². The van der Waals surface area contributed by atoms with Gasteiger partial charge in [-0.25, -0.2) is 4.39 Å². The van der Waals surface area contributed by atoms with E-state index in [0.29, 0.717) is 5.02 Å². The number of pyridine rings is 1. The highest BCUT2D eigenvalue weighted by atomic mass is 35.5. The van der Waals surface area contributed by atoms with Crippen molar-refractivity contribution >= 4 is 34.1 Å². The van der Waals surface area contributed by atoms with Gasteiger partial charge in [0.15, 0.2) is 0 Å². The van der Waals surface area contributed by atoms with Gasteiger partial charge in [0.25, 0.3) is 0 Å². The van der Waals surface area contributed by atoms with Crippen LogP contribution in [0, 0.1) is 11.2 Å². The van der Waals surface area contributed by atoms with Crippen molar-refractivity contribution < 1.29 is 9.18 Å². The lowest BCUT2D eigenvalue weighted by molar-refractivity contribution is -0.127. The molecule has 3 aliphatic carbocycles. The van der Waals surface area contributed by atoms with Gasteiger partial charge in [0.05, 0.1) is 5.52 Å². The third kappa shape index (κ3) is 3.27. The molecule has 1 heterocycles. The number of amides is 1. The van der Waals surface area contributed by atoms with E-state index in [2.05, 4.69) is 16.4 Å². The summed E-state index contributed by atoms with van der Waals surface area (Å²) in [4.78, 5) is 17.7. The van der Waals surface area contributed by atoms with Gasteiger partial charge in [-0.15, -0.1) is 0 Å². The maximum absolute atomic E-state index is 14.0. The van der Waals surface area contributed by atoms with E-state index in [1.165, 1.54) is 11.6 Å². The number of halogens is 2. The van der Waals surface area contributed by atoms with Gasteiger partial charge >= 0.3 is 0 Å². The molecule has 2 bridgehead atoms. The molecule has 0 saturated heterocycles. The third-order valence-electron chi connectivity index (χ3n) is 7.33. The van der Waals surface area contributed by atoms with Crippen LogP contribution in [0.25, 0.3) is 10.9 Å². The summed E-state index contributed by atoms with van der Waals surface area (Å²) < 4.78 is 14.0. The van der Waals surface area contributed by atoms with Gasteiger partial charge in [-0.05, 0) is 98.0 Å². The van der Waals surface area contributed by atoms with Crippen molar-refractivity contribution in [3.63, 3.8) is 0 Å². The minimum Gasteiger partial charge on any atom is -0.326 e. The zero-order chi connectivity index (χ0) is 20.8. The zero-order valence-electron chi connectivity index (χ0n) is 16.8. The maximum Gasteiger partial charge on any atom is 0.230 e. The minimum atomic E-state index is -0.326. The zero-order valence-corrected chi connectivity index (χ0v) is 17.5. The van der Waals surface area contributed by atoms with E-state index in [9.17, 15) is 9.18 Å². The Morgan fingerprint density at radius 3 is 2.50 bits per heavy atom. The number of nitrogens with zero attached hydrogens (tertiary/aromatic N) is 1. The Balaban J connectivity index is 1.43. The van der Waals surface area contributed by atoms with Crippen molar-refractivity contribution in [2.24, 2.45) is 5.41 Å². The molecule has 30 heavy (non-hydrogen) atoms. The number of hydrogen-bond acceptors (Lipinski definition) is 2. The molecule has 154 valence electrons. The molecule has 3 aromatic rings. The summed E-state index contributed by atoms with van der Waals surface area (Å²) in [6, 6.07) is 14.2. The molecule has 0 radical (unpaired) electrons. The van der Waals surface area contributed by atoms with Crippen molar-refractivity contribution in [3.8, 4) is 0 Å². The van der Waals surface area contributed by atoms with Crippen molar-refractivity contribution in [2.45, 2.75) is 50.4 Å². The average Bonchev–Trinajstić information content (AvgIpc) is 3.07. The van der Waals surface area contributed by atoms with Crippen LogP contribution in [0.1, 0.15) is 50.5 Å². The summed E-state index contributed by atoms with van der Waals surface area (Å²) in [6.07, 6.45) is 8.34. The van der Waals surface area contributed by atoms with Crippen LogP contribution in [-0.4, -0.2) is 10.9 Å². The molecule has 5 heteroatoms. The van der Waals surface area contributed by atoms with Crippen LogP contribution in [-0.2, 0) is 10.2 Å². The summed E-state index contributed by atoms with van der Waals surface area (Å²) in [5, 5.41) is 4.69. The molecule has 3 nitrogen and oxygen atoms in total. The van der Waals surface area contributed by atoms with Crippen LogP contribution >= 0.6 is 11.6 Å². The molecule has 0 unspecified atom stereocenters. The standard InChI is InChI=1S/C25H24ClFN2O/c26-17-2-5-19(6-3-17)29-23(30)25-10-1-9-24(11-13-25,12-14-25)21-8-15-28-22-7-4-18(27)16-20(21)22/h2-8,15-16H,1,9-14H2,(H,29,30). The Morgan fingerprint density at radius 1 is 0.967 bits per heavy atom. The first-order chi connectivity index (χ1) is 14.5. The first-order valence-electron chi connectivity index (χ1n) is 10.6. The van der Waals surface area contributed by atoms with Crippen molar-refractivity contribution in [1.82, 2.24) is 4.98 Å². The Morgan fingerprint density at radius 2 is 1.73 bits per heavy atom. The van der Waals surface area contributed by atoms with Crippen molar-refractivity contribution in [3.05, 3.63) is 71.1 Å². The van der Waals surface area contributed by atoms with Crippen LogP contribution in [0.4, 0.5) is 10.1 Å².